The third-order valence-corrected chi connectivity index (χ3v) is 18.8. The fourth-order valence-corrected chi connectivity index (χ4v) is 13.4. The normalized spacial score (nSPS) is 19.8. The number of H-pyrrole nitrogens is 2. The van der Waals surface area contributed by atoms with Crippen LogP contribution in [0.2, 0.25) is 0 Å². The molecule has 1 unspecified atom stereocenters. The van der Waals surface area contributed by atoms with E-state index in [-0.39, 0.29) is 74.4 Å². The lowest BCUT2D eigenvalue weighted by atomic mass is 10.1. The van der Waals surface area contributed by atoms with Crippen LogP contribution in [0.5, 0.6) is 5.88 Å². The Kier molecular flexibility index (Phi) is 37.1. The number of aromatic amines is 2. The van der Waals surface area contributed by atoms with E-state index in [0.29, 0.717) is 96.4 Å². The van der Waals surface area contributed by atoms with E-state index >= 15 is 0 Å². The highest BCUT2D eigenvalue weighted by Crippen LogP contribution is 2.32. The lowest BCUT2D eigenvalue weighted by Crippen LogP contribution is -2.35. The van der Waals surface area contributed by atoms with Gasteiger partial charge in [0, 0.05) is 75.2 Å². The molecule has 618 valence electrons. The van der Waals surface area contributed by atoms with Gasteiger partial charge < -0.3 is 92.8 Å². The summed E-state index contributed by atoms with van der Waals surface area (Å²) in [6, 6.07) is 30.8. The summed E-state index contributed by atoms with van der Waals surface area (Å²) >= 11 is 0. The van der Waals surface area contributed by atoms with Gasteiger partial charge in [-0.15, -0.1) is 21.6 Å². The third kappa shape index (κ3) is 30.8. The molecule has 3 aromatic carbocycles. The second kappa shape index (κ2) is 45.0. The molecule has 7 atom stereocenters. The Morgan fingerprint density at radius 2 is 1.14 bits per heavy atom. The number of methoxy groups -OCH3 is 1. The van der Waals surface area contributed by atoms with Crippen LogP contribution in [0.15, 0.2) is 138 Å². The Labute approximate surface area is 664 Å². The maximum atomic E-state index is 11.8. The van der Waals surface area contributed by atoms with Crippen molar-refractivity contribution in [1.82, 2.24) is 49.6 Å². The van der Waals surface area contributed by atoms with Gasteiger partial charge in [0.15, 0.2) is 23.1 Å². The van der Waals surface area contributed by atoms with Gasteiger partial charge in [-0.2, -0.15) is 13.4 Å². The number of nitrogens with one attached hydrogen (secondary N) is 3. The number of rotatable bonds is 30. The van der Waals surface area contributed by atoms with E-state index in [4.69, 9.17) is 62.7 Å². The minimum atomic E-state index is -3.38. The van der Waals surface area contributed by atoms with E-state index in [0.717, 1.165) is 95.5 Å². The maximum absolute atomic E-state index is 11.8. The predicted molar refractivity (Wildman–Crippen MR) is 428 cm³/mol. The Morgan fingerprint density at radius 1 is 0.643 bits per heavy atom. The molecule has 4 aliphatic heterocycles. The molecule has 6 aliphatic rings. The van der Waals surface area contributed by atoms with Crippen molar-refractivity contribution in [2.45, 2.75) is 180 Å². The summed E-state index contributed by atoms with van der Waals surface area (Å²) in [5.41, 5.74) is 11.3. The molecule has 112 heavy (non-hydrogen) atoms. The number of hydrogen-bond donors (Lipinski definition) is 8. The first-order valence-electron chi connectivity index (χ1n) is 37.2. The summed E-state index contributed by atoms with van der Waals surface area (Å²) in [5.74, 6) is -1.55. The van der Waals surface area contributed by atoms with Crippen molar-refractivity contribution in [2.75, 3.05) is 98.7 Å². The molecule has 0 saturated carbocycles. The van der Waals surface area contributed by atoms with Gasteiger partial charge in [0.2, 0.25) is 5.88 Å². The molecular formula is C79H114ClN10O20PS. The van der Waals surface area contributed by atoms with Crippen LogP contribution in [0.4, 0.5) is 0 Å². The monoisotopic (exact) mass is 1620 g/mol. The van der Waals surface area contributed by atoms with Crippen LogP contribution in [0.25, 0.3) is 22.2 Å². The summed E-state index contributed by atoms with van der Waals surface area (Å²) in [5, 5.41) is 48.9. The first-order chi connectivity index (χ1) is 53.0. The summed E-state index contributed by atoms with van der Waals surface area (Å²) < 4.78 is 83.0. The zero-order valence-corrected chi connectivity index (χ0v) is 68.5. The van der Waals surface area contributed by atoms with Crippen LogP contribution in [0, 0.1) is 0 Å². The van der Waals surface area contributed by atoms with Crippen LogP contribution in [-0.4, -0.2) is 237 Å². The largest absolute Gasteiger partial charge is 0.479 e. The van der Waals surface area contributed by atoms with Crippen LogP contribution < -0.4 is 21.2 Å². The number of hydrogen-bond acceptors (Lipinski definition) is 27. The lowest BCUT2D eigenvalue weighted by molar-refractivity contribution is -0.142. The van der Waals surface area contributed by atoms with Crippen molar-refractivity contribution in [3.8, 4) is 5.88 Å². The van der Waals surface area contributed by atoms with Gasteiger partial charge in [0.25, 0.3) is 21.2 Å². The maximum Gasteiger partial charge on any atom is 0.264 e. The van der Waals surface area contributed by atoms with Crippen molar-refractivity contribution >= 4 is 53.9 Å². The molecule has 7 aromatic rings. The SMILES string of the molecule is CC1(C)OC[C@H](CNCc2ccccc2)O1.CC1(C)OC[C@H](CO)O1.CC1(C)OC[C@H](COS(C)(=O)=O)O1.COc1ncnc2c(CN(Cc3ccccc3)C[C@H]3COC(C)(C)O3)cn(COCP)c12.Cl.O=c1[nH]cnc2c1CC=C2CCC[C@H](O)CO.O=c1[nH]cnc2c1CC=C2CN(Cc1ccccc1)C[C@H](O)CO. The topological polar surface area (TPSA) is 378 Å². The number of aromatic nitrogens is 7. The number of fused-ring (bicyclic) bond motifs is 3. The van der Waals surface area contributed by atoms with Crippen molar-refractivity contribution in [1.29, 1.82) is 0 Å². The van der Waals surface area contributed by atoms with E-state index < -0.39 is 45.5 Å². The standard InChI is InChI=1S/C23H31N4O4P.C18H21N3O3.C13H19NO2.C12H16N2O3.C7H14O5S.C6H12O3.ClH/c1-23(2)30-13-19(31-23)12-26(9-17-7-5-4-6-8-17)10-18-11-27(15-29-16-32)21-20(18)24-14-25-22(21)28-3;22-11-15(23)10-21(8-13-4-2-1-3-5-13)9-14-6-7-16-17(14)19-12-20-18(16)24;1-13(2)15-10-12(16-13)9-14-8-11-6-4-3-5-7-11;15-6-9(16)3-1-2-8-4-5-10-11(8)13-7-14-12(10)17;1-7(2)10-4-6(12-7)5-11-13(3,8)9;1-6(2)8-4-5(3-7)9-6;/h4-8,11,14,19H,9-10,12-13,15-16,32H2,1-3H3;1-6,12,15,22-23H,7-11H2,(H,19,20,24);3-7,12,14H,8-10H2,1-2H3;4,7,9,15-16H,1-3,5-6H2,(H,13,14,17);6H,4-5H2,1-3H3;5,7H,3-4H2,1-2H3;1H/t19-;15-;12-;9-;6-;5-;/m000010./s1. The van der Waals surface area contributed by atoms with E-state index in [9.17, 15) is 28.2 Å². The molecule has 0 spiro atoms. The molecule has 8 N–H and O–H groups in total. The molecule has 13 rings (SSSR count). The van der Waals surface area contributed by atoms with Crippen molar-refractivity contribution in [3.05, 3.63) is 194 Å². The first-order valence-corrected chi connectivity index (χ1v) is 39.8. The smallest absolute Gasteiger partial charge is 0.264 e. The minimum absolute atomic E-state index is 0. The quantitative estimate of drug-likeness (QED) is 0.0170. The summed E-state index contributed by atoms with van der Waals surface area (Å²) in [6.45, 7) is 22.6. The third-order valence-electron chi connectivity index (χ3n) is 18.0. The van der Waals surface area contributed by atoms with Crippen LogP contribution in [0.3, 0.4) is 0 Å². The number of nitrogens with zero attached hydrogens (tertiary/aromatic N) is 7. The number of benzene rings is 3. The Bertz CT molecular complexity index is 4280. The molecule has 4 fully saturated rings. The van der Waals surface area contributed by atoms with E-state index in [1.165, 1.54) is 23.8 Å². The molecule has 0 radical (unpaired) electrons. The number of ether oxygens (including phenoxy) is 10. The van der Waals surface area contributed by atoms with Gasteiger partial charge in [0.1, 0.15) is 36.3 Å². The van der Waals surface area contributed by atoms with E-state index in [2.05, 4.69) is 113 Å². The summed E-state index contributed by atoms with van der Waals surface area (Å²) in [6.07, 6.45) is 13.7. The van der Waals surface area contributed by atoms with Crippen molar-refractivity contribution < 1.29 is 85.5 Å². The van der Waals surface area contributed by atoms with Gasteiger partial charge in [-0.1, -0.05) is 103 Å². The number of allylic oxidation sites excluding steroid dienone is 3. The zero-order valence-electron chi connectivity index (χ0n) is 65.7. The van der Waals surface area contributed by atoms with Gasteiger partial charge in [0.05, 0.1) is 121 Å². The predicted octanol–water partition coefficient (Wildman–Crippen LogP) is 6.79. The van der Waals surface area contributed by atoms with Gasteiger partial charge in [-0.25, -0.2) is 15.0 Å². The van der Waals surface area contributed by atoms with Gasteiger partial charge in [-0.3, -0.25) is 23.6 Å². The number of aliphatic hydroxyl groups is 5. The van der Waals surface area contributed by atoms with Crippen LogP contribution in [0.1, 0.15) is 119 Å². The van der Waals surface area contributed by atoms with Gasteiger partial charge in [-0.05, 0) is 115 Å². The molecule has 0 bridgehead atoms. The Balaban J connectivity index is 0.000000194. The number of aliphatic hydroxyl groups excluding tert-OH is 5. The summed E-state index contributed by atoms with van der Waals surface area (Å²) in [7, 11) is 0.810. The van der Waals surface area contributed by atoms with Crippen molar-refractivity contribution in [2.24, 2.45) is 0 Å². The lowest BCUT2D eigenvalue weighted by Gasteiger charge is -2.25. The first kappa shape index (κ1) is 92.4. The number of halogens is 1. The highest BCUT2D eigenvalue weighted by Gasteiger charge is 2.37. The average Bonchev–Trinajstić information content (AvgIpc) is 1.62. The Morgan fingerprint density at radius 3 is 1.63 bits per heavy atom. The average molecular weight is 1620 g/mol. The molecule has 4 saturated heterocycles. The highest BCUT2D eigenvalue weighted by atomic mass is 35.5. The van der Waals surface area contributed by atoms with E-state index in [1.54, 1.807) is 27.3 Å². The highest BCUT2D eigenvalue weighted by molar-refractivity contribution is 7.86. The molecule has 30 nitrogen and oxygen atoms in total. The van der Waals surface area contributed by atoms with Crippen LogP contribution in [-0.2, 0) is 103 Å². The molecular weight excluding hydrogens is 1510 g/mol. The second-order valence-electron chi connectivity index (χ2n) is 29.2. The Hall–Kier alpha value is -6.73. The molecule has 4 aromatic heterocycles. The van der Waals surface area contributed by atoms with Crippen LogP contribution >= 0.6 is 21.6 Å². The fraction of sp³-hybridized carbons (Fsp3) is 0.544. The minimum Gasteiger partial charge on any atom is -0.479 e. The molecule has 8 heterocycles. The fourth-order valence-electron chi connectivity index (χ4n) is 12.9. The molecule has 0 amide bonds. The molecule has 33 heteroatoms. The van der Waals surface area contributed by atoms with Gasteiger partial charge >= 0.3 is 0 Å². The molecule has 2 aliphatic carbocycles. The van der Waals surface area contributed by atoms with Crippen molar-refractivity contribution in [3.63, 3.8) is 0 Å². The van der Waals surface area contributed by atoms with E-state index in [1.807, 2.05) is 101 Å². The summed E-state index contributed by atoms with van der Waals surface area (Å²) in [4.78, 5) is 50.3. The second-order valence-corrected chi connectivity index (χ2v) is 31.1. The zero-order chi connectivity index (χ0) is 80.2.